The van der Waals surface area contributed by atoms with Gasteiger partial charge in [-0.25, -0.2) is 0 Å². The first-order chi connectivity index (χ1) is 11.5. The molecule has 0 saturated carbocycles. The largest absolute Gasteiger partial charge is 0.354 e. The van der Waals surface area contributed by atoms with Crippen LogP contribution in [-0.4, -0.2) is 29.7 Å². The van der Waals surface area contributed by atoms with E-state index in [2.05, 4.69) is 10.6 Å². The topological polar surface area (TPSA) is 58.2 Å². The quantitative estimate of drug-likeness (QED) is 0.434. The minimum absolute atomic E-state index is 0.0925. The molecule has 0 saturated heterocycles. The summed E-state index contributed by atoms with van der Waals surface area (Å²) in [5.41, 5.74) is 0.584. The van der Waals surface area contributed by atoms with Crippen LogP contribution in [0.2, 0.25) is 5.02 Å². The van der Waals surface area contributed by atoms with Crippen molar-refractivity contribution in [1.29, 1.82) is 0 Å². The molecule has 0 spiro atoms. The molecule has 0 radical (unpaired) electrons. The van der Waals surface area contributed by atoms with Crippen LogP contribution in [0.4, 0.5) is 0 Å². The fourth-order valence-electron chi connectivity index (χ4n) is 2.18. The first kappa shape index (κ1) is 21.1. The number of nitrogens with one attached hydrogen (secondary N) is 2. The van der Waals surface area contributed by atoms with Gasteiger partial charge in [-0.05, 0) is 31.0 Å². The number of carbonyl (C=O) groups is 2. The zero-order chi connectivity index (χ0) is 17.8. The van der Waals surface area contributed by atoms with Crippen molar-refractivity contribution in [3.63, 3.8) is 0 Å². The third-order valence-electron chi connectivity index (χ3n) is 3.47. The van der Waals surface area contributed by atoms with Gasteiger partial charge in [0.1, 0.15) is 0 Å². The van der Waals surface area contributed by atoms with Crippen molar-refractivity contribution in [2.24, 2.45) is 0 Å². The average molecular weight is 394 g/mol. The molecule has 0 heterocycles. The van der Waals surface area contributed by atoms with E-state index in [0.717, 1.165) is 38.5 Å². The maximum Gasteiger partial charge on any atom is 0.253 e. The van der Waals surface area contributed by atoms with Crippen LogP contribution >= 0.6 is 34.8 Å². The molecule has 0 unspecified atom stereocenters. The zero-order valence-corrected chi connectivity index (χ0v) is 15.8. The second kappa shape index (κ2) is 12.4. The Bertz CT molecular complexity index is 524. The van der Waals surface area contributed by atoms with E-state index in [1.807, 2.05) is 0 Å². The molecular weight excluding hydrogens is 371 g/mol. The van der Waals surface area contributed by atoms with Crippen molar-refractivity contribution in [3.05, 3.63) is 34.9 Å². The Hall–Kier alpha value is -0.970. The summed E-state index contributed by atoms with van der Waals surface area (Å²) in [6.45, 7) is 1.26. The Balaban J connectivity index is 1.95. The Kier molecular flexibility index (Phi) is 10.9. The van der Waals surface area contributed by atoms with Gasteiger partial charge in [0.15, 0.2) is 4.84 Å². The molecule has 0 aliphatic rings. The molecule has 7 heteroatoms. The fraction of sp³-hybridized carbons (Fsp3) is 0.529. The summed E-state index contributed by atoms with van der Waals surface area (Å²) in [6.07, 6.45) is 6.18. The third kappa shape index (κ3) is 9.36. The highest BCUT2D eigenvalue weighted by Gasteiger charge is 2.09. The Morgan fingerprint density at radius 2 is 1.50 bits per heavy atom. The first-order valence-corrected chi connectivity index (χ1v) is 9.35. The standard InChI is InChI=1S/C17H23Cl3N2O2/c18-14-9-7-8-13(12-14)16(23)21-10-5-3-1-2-4-6-11-22-17(24)15(19)20/h7-9,12,15H,1-6,10-11H2,(H,21,23)(H,22,24). The smallest absolute Gasteiger partial charge is 0.253 e. The predicted octanol–water partition coefficient (Wildman–Crippen LogP) is 4.33. The van der Waals surface area contributed by atoms with Crippen LogP contribution in [0.25, 0.3) is 0 Å². The summed E-state index contributed by atoms with van der Waals surface area (Å²) >= 11 is 16.7. The highest BCUT2D eigenvalue weighted by molar-refractivity contribution is 6.53. The lowest BCUT2D eigenvalue weighted by molar-refractivity contribution is -0.119. The monoisotopic (exact) mass is 392 g/mol. The molecule has 24 heavy (non-hydrogen) atoms. The van der Waals surface area contributed by atoms with Crippen molar-refractivity contribution < 1.29 is 9.59 Å². The number of amides is 2. The minimum atomic E-state index is -0.993. The van der Waals surface area contributed by atoms with Crippen LogP contribution in [0, 0.1) is 0 Å². The van der Waals surface area contributed by atoms with Crippen LogP contribution in [0.15, 0.2) is 24.3 Å². The van der Waals surface area contributed by atoms with Crippen molar-refractivity contribution >= 4 is 46.6 Å². The molecule has 2 amide bonds. The minimum Gasteiger partial charge on any atom is -0.354 e. The third-order valence-corrected chi connectivity index (χ3v) is 4.10. The number of benzene rings is 1. The van der Waals surface area contributed by atoms with Crippen molar-refractivity contribution in [3.8, 4) is 0 Å². The van der Waals surface area contributed by atoms with Gasteiger partial charge in [-0.2, -0.15) is 0 Å². The Morgan fingerprint density at radius 3 is 2.08 bits per heavy atom. The lowest BCUT2D eigenvalue weighted by atomic mass is 10.1. The normalized spacial score (nSPS) is 10.7. The fourth-order valence-corrected chi connectivity index (χ4v) is 2.52. The zero-order valence-electron chi connectivity index (χ0n) is 13.5. The molecular formula is C17H23Cl3N2O2. The van der Waals surface area contributed by atoms with E-state index in [9.17, 15) is 9.59 Å². The molecule has 0 atom stereocenters. The molecule has 0 bridgehead atoms. The van der Waals surface area contributed by atoms with Crippen LogP contribution in [0.1, 0.15) is 48.9 Å². The summed E-state index contributed by atoms with van der Waals surface area (Å²) in [5.74, 6) is -0.432. The van der Waals surface area contributed by atoms with Crippen molar-refractivity contribution in [2.45, 2.75) is 43.4 Å². The van der Waals surface area contributed by atoms with E-state index >= 15 is 0 Å². The van der Waals surface area contributed by atoms with Gasteiger partial charge in [0, 0.05) is 23.7 Å². The number of halogens is 3. The number of hydrogen-bond acceptors (Lipinski definition) is 2. The van der Waals surface area contributed by atoms with Gasteiger partial charge in [-0.3, -0.25) is 9.59 Å². The van der Waals surface area contributed by atoms with Gasteiger partial charge in [-0.15, -0.1) is 0 Å². The van der Waals surface area contributed by atoms with E-state index < -0.39 is 4.84 Å². The molecule has 0 aromatic heterocycles. The summed E-state index contributed by atoms with van der Waals surface area (Å²) in [4.78, 5) is 22.0. The van der Waals surface area contributed by atoms with Gasteiger partial charge < -0.3 is 10.6 Å². The number of unbranched alkanes of at least 4 members (excludes halogenated alkanes) is 5. The van der Waals surface area contributed by atoms with Gasteiger partial charge >= 0.3 is 0 Å². The van der Waals surface area contributed by atoms with Crippen LogP contribution in [0.3, 0.4) is 0 Å². The lowest BCUT2D eigenvalue weighted by Gasteiger charge is -2.06. The number of rotatable bonds is 11. The Morgan fingerprint density at radius 1 is 0.917 bits per heavy atom. The van der Waals surface area contributed by atoms with E-state index in [1.54, 1.807) is 24.3 Å². The van der Waals surface area contributed by atoms with Crippen LogP contribution < -0.4 is 10.6 Å². The lowest BCUT2D eigenvalue weighted by Crippen LogP contribution is -2.29. The summed E-state index contributed by atoms with van der Waals surface area (Å²) < 4.78 is 0. The SMILES string of the molecule is O=C(NCCCCCCCCNC(=O)C(Cl)Cl)c1cccc(Cl)c1. The van der Waals surface area contributed by atoms with Crippen molar-refractivity contribution in [2.75, 3.05) is 13.1 Å². The van der Waals surface area contributed by atoms with Gasteiger partial charge in [-0.1, -0.05) is 66.6 Å². The van der Waals surface area contributed by atoms with E-state index in [1.165, 1.54) is 0 Å². The molecule has 2 N–H and O–H groups in total. The molecule has 0 aliphatic carbocycles. The van der Waals surface area contributed by atoms with Gasteiger partial charge in [0.2, 0.25) is 0 Å². The molecule has 1 rings (SSSR count). The maximum atomic E-state index is 11.9. The highest BCUT2D eigenvalue weighted by Crippen LogP contribution is 2.10. The summed E-state index contributed by atoms with van der Waals surface area (Å²) in [5, 5.41) is 6.12. The second-order valence-electron chi connectivity index (χ2n) is 5.48. The number of carbonyl (C=O) groups excluding carboxylic acids is 2. The predicted molar refractivity (Wildman–Crippen MR) is 100.0 cm³/mol. The van der Waals surface area contributed by atoms with E-state index in [-0.39, 0.29) is 11.8 Å². The average Bonchev–Trinajstić information content (AvgIpc) is 2.55. The first-order valence-electron chi connectivity index (χ1n) is 8.10. The number of alkyl halides is 2. The molecule has 1 aromatic carbocycles. The van der Waals surface area contributed by atoms with Crippen LogP contribution in [-0.2, 0) is 4.79 Å². The number of hydrogen-bond donors (Lipinski definition) is 2. The molecule has 0 aliphatic heterocycles. The summed E-state index contributed by atoms with van der Waals surface area (Å²) in [7, 11) is 0. The molecule has 4 nitrogen and oxygen atoms in total. The van der Waals surface area contributed by atoms with E-state index in [0.29, 0.717) is 23.7 Å². The van der Waals surface area contributed by atoms with Gasteiger partial charge in [0.05, 0.1) is 0 Å². The van der Waals surface area contributed by atoms with Crippen molar-refractivity contribution in [1.82, 2.24) is 10.6 Å². The molecule has 134 valence electrons. The summed E-state index contributed by atoms with van der Waals surface area (Å²) in [6, 6.07) is 6.91. The Labute approximate surface area is 158 Å². The highest BCUT2D eigenvalue weighted by atomic mass is 35.5. The maximum absolute atomic E-state index is 11.9. The van der Waals surface area contributed by atoms with Gasteiger partial charge in [0.25, 0.3) is 11.8 Å². The molecule has 0 fully saturated rings. The molecule has 1 aromatic rings. The van der Waals surface area contributed by atoms with E-state index in [4.69, 9.17) is 34.8 Å². The van der Waals surface area contributed by atoms with Crippen LogP contribution in [0.5, 0.6) is 0 Å². The second-order valence-corrected chi connectivity index (χ2v) is 7.01.